The summed E-state index contributed by atoms with van der Waals surface area (Å²) in [7, 11) is 0. The van der Waals surface area contributed by atoms with Gasteiger partial charge in [-0.3, -0.25) is 9.69 Å². The largest absolute Gasteiger partial charge is 0.381 e. The van der Waals surface area contributed by atoms with Crippen LogP contribution < -0.4 is 11.1 Å². The Kier molecular flexibility index (Phi) is 9.85. The molecule has 0 radical (unpaired) electrons. The maximum atomic E-state index is 12.7. The molecule has 3 N–H and O–H groups in total. The molecule has 0 aromatic heterocycles. The molecular weight excluding hydrogens is 377 g/mol. The molecule has 1 amide bonds. The Morgan fingerprint density at radius 1 is 1.12 bits per heavy atom. The van der Waals surface area contributed by atoms with Crippen molar-refractivity contribution in [2.45, 2.75) is 19.4 Å². The Morgan fingerprint density at radius 3 is 2.42 bits per heavy atom. The number of halogens is 2. The number of rotatable bonds is 5. The van der Waals surface area contributed by atoms with Crippen LogP contribution in [0.15, 0.2) is 24.3 Å². The van der Waals surface area contributed by atoms with Gasteiger partial charge in [0.1, 0.15) is 0 Å². The maximum Gasteiger partial charge on any atom is 0.232 e. The fourth-order valence-corrected chi connectivity index (χ4v) is 3.31. The van der Waals surface area contributed by atoms with Gasteiger partial charge in [-0.1, -0.05) is 12.1 Å². The highest BCUT2D eigenvalue weighted by Crippen LogP contribution is 2.31. The van der Waals surface area contributed by atoms with E-state index in [9.17, 15) is 4.79 Å². The number of hydrogen-bond donors (Lipinski definition) is 2. The summed E-state index contributed by atoms with van der Waals surface area (Å²) in [5.41, 5.74) is 7.45. The molecule has 3 rings (SSSR count). The Morgan fingerprint density at radius 2 is 1.77 bits per heavy atom. The summed E-state index contributed by atoms with van der Waals surface area (Å²) in [6.45, 7) is 5.91. The predicted molar refractivity (Wildman–Crippen MR) is 107 cm³/mol. The summed E-state index contributed by atoms with van der Waals surface area (Å²) in [6.07, 6.45) is 1.37. The molecule has 2 heterocycles. The summed E-state index contributed by atoms with van der Waals surface area (Å²) >= 11 is 0. The molecule has 1 aromatic rings. The summed E-state index contributed by atoms with van der Waals surface area (Å²) in [5.74, 6) is 0.0109. The highest BCUT2D eigenvalue weighted by molar-refractivity contribution is 5.95. The monoisotopic (exact) mass is 405 g/mol. The lowest BCUT2D eigenvalue weighted by Gasteiger charge is -2.34. The van der Waals surface area contributed by atoms with Gasteiger partial charge in [0.25, 0.3) is 0 Å². The van der Waals surface area contributed by atoms with Gasteiger partial charge in [-0.05, 0) is 30.5 Å². The standard InChI is InChI=1S/C18H27N3O3.2ClH/c19-14-18(4-8-23-9-5-18)17(22)20-16-3-1-2-15(12-16)13-21-6-10-24-11-7-21;;/h1-3,12H,4-11,13-14,19H2,(H,20,22);2*1H. The second kappa shape index (κ2) is 11.1. The first kappa shape index (κ1) is 23.1. The van der Waals surface area contributed by atoms with E-state index in [1.54, 1.807) is 0 Å². The fourth-order valence-electron chi connectivity index (χ4n) is 3.31. The predicted octanol–water partition coefficient (Wildman–Crippen LogP) is 2.06. The third kappa shape index (κ3) is 5.81. The van der Waals surface area contributed by atoms with Gasteiger partial charge in [-0.2, -0.15) is 0 Å². The molecule has 8 heteroatoms. The van der Waals surface area contributed by atoms with E-state index in [1.807, 2.05) is 12.1 Å². The number of nitrogens with zero attached hydrogens (tertiary/aromatic N) is 1. The van der Waals surface area contributed by atoms with E-state index in [2.05, 4.69) is 22.3 Å². The van der Waals surface area contributed by atoms with E-state index in [1.165, 1.54) is 5.56 Å². The van der Waals surface area contributed by atoms with Crippen LogP contribution in [0.3, 0.4) is 0 Å². The average Bonchev–Trinajstić information content (AvgIpc) is 2.63. The normalized spacial score (nSPS) is 19.7. The van der Waals surface area contributed by atoms with Crippen LogP contribution in [-0.4, -0.2) is 56.9 Å². The second-order valence-electron chi connectivity index (χ2n) is 6.64. The van der Waals surface area contributed by atoms with E-state index in [-0.39, 0.29) is 30.7 Å². The van der Waals surface area contributed by atoms with Gasteiger partial charge >= 0.3 is 0 Å². The fraction of sp³-hybridized carbons (Fsp3) is 0.611. The van der Waals surface area contributed by atoms with Crippen molar-refractivity contribution in [2.24, 2.45) is 11.1 Å². The lowest BCUT2D eigenvalue weighted by atomic mass is 9.79. The third-order valence-electron chi connectivity index (χ3n) is 5.02. The number of morpholine rings is 1. The number of carbonyl (C=O) groups is 1. The molecule has 6 nitrogen and oxygen atoms in total. The molecule has 0 saturated carbocycles. The van der Waals surface area contributed by atoms with Crippen LogP contribution in [-0.2, 0) is 20.8 Å². The smallest absolute Gasteiger partial charge is 0.232 e. The molecule has 2 aliphatic rings. The number of amides is 1. The van der Waals surface area contributed by atoms with Crippen molar-refractivity contribution in [3.05, 3.63) is 29.8 Å². The number of ether oxygens (including phenoxy) is 2. The molecule has 2 aliphatic heterocycles. The number of hydrogen-bond acceptors (Lipinski definition) is 5. The zero-order chi connectivity index (χ0) is 16.8. The van der Waals surface area contributed by atoms with Crippen LogP contribution in [0.1, 0.15) is 18.4 Å². The number of carbonyl (C=O) groups excluding carboxylic acids is 1. The third-order valence-corrected chi connectivity index (χ3v) is 5.02. The average molecular weight is 406 g/mol. The highest BCUT2D eigenvalue weighted by atomic mass is 35.5. The van der Waals surface area contributed by atoms with Crippen molar-refractivity contribution in [3.63, 3.8) is 0 Å². The molecule has 2 fully saturated rings. The molecule has 0 spiro atoms. The Hall–Kier alpha value is -0.890. The highest BCUT2D eigenvalue weighted by Gasteiger charge is 2.38. The van der Waals surface area contributed by atoms with Gasteiger partial charge in [0.15, 0.2) is 0 Å². The Labute approximate surface area is 167 Å². The first-order valence-electron chi connectivity index (χ1n) is 8.70. The van der Waals surface area contributed by atoms with Gasteiger partial charge in [-0.15, -0.1) is 24.8 Å². The van der Waals surface area contributed by atoms with E-state index in [0.717, 1.165) is 38.5 Å². The van der Waals surface area contributed by atoms with Crippen molar-refractivity contribution in [2.75, 3.05) is 51.4 Å². The number of anilines is 1. The van der Waals surface area contributed by atoms with E-state index in [4.69, 9.17) is 15.2 Å². The molecule has 26 heavy (non-hydrogen) atoms. The van der Waals surface area contributed by atoms with Crippen molar-refractivity contribution < 1.29 is 14.3 Å². The molecule has 148 valence electrons. The molecule has 0 aliphatic carbocycles. The molecular formula is C18H29Cl2N3O3. The number of nitrogens with one attached hydrogen (secondary N) is 1. The van der Waals surface area contributed by atoms with Crippen LogP contribution in [0.2, 0.25) is 0 Å². The SMILES string of the molecule is Cl.Cl.NCC1(C(=O)Nc2cccc(CN3CCOCC3)c2)CCOCC1. The van der Waals surface area contributed by atoms with E-state index in [0.29, 0.717) is 32.6 Å². The Balaban J connectivity index is 0.00000169. The van der Waals surface area contributed by atoms with Crippen LogP contribution in [0.25, 0.3) is 0 Å². The van der Waals surface area contributed by atoms with Gasteiger partial charge < -0.3 is 20.5 Å². The first-order chi connectivity index (χ1) is 11.7. The number of nitrogens with two attached hydrogens (primary N) is 1. The quantitative estimate of drug-likeness (QED) is 0.783. The summed E-state index contributed by atoms with van der Waals surface area (Å²) in [6, 6.07) is 8.07. The van der Waals surface area contributed by atoms with Crippen molar-refractivity contribution in [1.82, 2.24) is 4.90 Å². The molecule has 0 atom stereocenters. The van der Waals surface area contributed by atoms with Crippen molar-refractivity contribution in [1.29, 1.82) is 0 Å². The maximum absolute atomic E-state index is 12.7. The minimum Gasteiger partial charge on any atom is -0.381 e. The van der Waals surface area contributed by atoms with Crippen molar-refractivity contribution in [3.8, 4) is 0 Å². The molecule has 1 aromatic carbocycles. The summed E-state index contributed by atoms with van der Waals surface area (Å²) in [4.78, 5) is 15.1. The van der Waals surface area contributed by atoms with Gasteiger partial charge in [0.2, 0.25) is 5.91 Å². The van der Waals surface area contributed by atoms with Crippen LogP contribution in [0.4, 0.5) is 5.69 Å². The van der Waals surface area contributed by atoms with Gasteiger partial charge in [-0.25, -0.2) is 0 Å². The minimum atomic E-state index is -0.502. The molecule has 0 bridgehead atoms. The van der Waals surface area contributed by atoms with Crippen LogP contribution >= 0.6 is 24.8 Å². The first-order valence-corrected chi connectivity index (χ1v) is 8.70. The lowest BCUT2D eigenvalue weighted by Crippen LogP contribution is -2.46. The van der Waals surface area contributed by atoms with Crippen LogP contribution in [0.5, 0.6) is 0 Å². The zero-order valence-corrected chi connectivity index (χ0v) is 16.6. The van der Waals surface area contributed by atoms with Gasteiger partial charge in [0.05, 0.1) is 18.6 Å². The topological polar surface area (TPSA) is 76.8 Å². The molecule has 2 saturated heterocycles. The van der Waals surface area contributed by atoms with Gasteiger partial charge in [0, 0.05) is 45.1 Å². The Bertz CT molecular complexity index is 562. The second-order valence-corrected chi connectivity index (χ2v) is 6.64. The lowest BCUT2D eigenvalue weighted by molar-refractivity contribution is -0.130. The number of benzene rings is 1. The molecule has 0 unspecified atom stereocenters. The van der Waals surface area contributed by atoms with Crippen LogP contribution in [0, 0.1) is 5.41 Å². The van der Waals surface area contributed by atoms with Crippen molar-refractivity contribution >= 4 is 36.4 Å². The minimum absolute atomic E-state index is 0. The summed E-state index contributed by atoms with van der Waals surface area (Å²) in [5, 5.41) is 3.06. The zero-order valence-electron chi connectivity index (χ0n) is 14.9. The summed E-state index contributed by atoms with van der Waals surface area (Å²) < 4.78 is 10.8. The van der Waals surface area contributed by atoms with E-state index >= 15 is 0 Å². The van der Waals surface area contributed by atoms with E-state index < -0.39 is 5.41 Å².